The Hall–Kier alpha value is -2.97. The van der Waals surface area contributed by atoms with Crippen LogP contribution in [0.3, 0.4) is 0 Å². The van der Waals surface area contributed by atoms with Gasteiger partial charge in [-0.3, -0.25) is 14.5 Å². The van der Waals surface area contributed by atoms with Gasteiger partial charge in [-0.05, 0) is 51.3 Å². The van der Waals surface area contributed by atoms with Crippen molar-refractivity contribution in [1.82, 2.24) is 15.6 Å². The van der Waals surface area contributed by atoms with Gasteiger partial charge in [-0.1, -0.05) is 18.2 Å². The van der Waals surface area contributed by atoms with Gasteiger partial charge in [0.15, 0.2) is 5.76 Å². The zero-order valence-corrected chi connectivity index (χ0v) is 19.4. The van der Waals surface area contributed by atoms with Gasteiger partial charge in [0.2, 0.25) is 0 Å². The number of ether oxygens (including phenoxy) is 1. The average molecular weight is 453 g/mol. The summed E-state index contributed by atoms with van der Waals surface area (Å²) in [5.41, 5.74) is 6.56. The van der Waals surface area contributed by atoms with Gasteiger partial charge in [-0.25, -0.2) is 5.43 Å². The zero-order valence-electron chi connectivity index (χ0n) is 19.4. The molecule has 1 aliphatic carbocycles. The lowest BCUT2D eigenvalue weighted by Gasteiger charge is -2.26. The molecule has 2 aromatic rings. The molecule has 1 saturated heterocycles. The largest absolute Gasteiger partial charge is 0.455 e. The minimum absolute atomic E-state index is 0.202. The summed E-state index contributed by atoms with van der Waals surface area (Å²) >= 11 is 0. The van der Waals surface area contributed by atoms with Gasteiger partial charge in [0, 0.05) is 42.7 Å². The normalized spacial score (nSPS) is 17.6. The van der Waals surface area contributed by atoms with E-state index in [0.717, 1.165) is 86.7 Å². The SMILES string of the molecule is Cc1ccccc1C(=O)N/N=C1\CCCc2oc(C(=O)NCCCN3CCOCC3)c(C)c21. The minimum Gasteiger partial charge on any atom is -0.455 e. The van der Waals surface area contributed by atoms with Crippen LogP contribution >= 0.6 is 0 Å². The van der Waals surface area contributed by atoms with Crippen molar-refractivity contribution in [3.05, 3.63) is 58.0 Å². The maximum atomic E-state index is 12.8. The van der Waals surface area contributed by atoms with Crippen molar-refractivity contribution >= 4 is 17.5 Å². The Morgan fingerprint density at radius 2 is 1.88 bits per heavy atom. The molecule has 2 N–H and O–H groups in total. The third-order valence-electron chi connectivity index (χ3n) is 6.25. The summed E-state index contributed by atoms with van der Waals surface area (Å²) in [5, 5.41) is 7.39. The number of hydrogen-bond donors (Lipinski definition) is 2. The highest BCUT2D eigenvalue weighted by Crippen LogP contribution is 2.29. The quantitative estimate of drug-likeness (QED) is 0.498. The second kappa shape index (κ2) is 10.8. The molecule has 176 valence electrons. The van der Waals surface area contributed by atoms with Crippen molar-refractivity contribution in [2.24, 2.45) is 5.10 Å². The number of nitrogens with zero attached hydrogens (tertiary/aromatic N) is 2. The number of furan rings is 1. The van der Waals surface area contributed by atoms with Crippen LogP contribution in [0.5, 0.6) is 0 Å². The smallest absolute Gasteiger partial charge is 0.287 e. The highest BCUT2D eigenvalue weighted by molar-refractivity contribution is 6.07. The highest BCUT2D eigenvalue weighted by atomic mass is 16.5. The van der Waals surface area contributed by atoms with Crippen molar-refractivity contribution in [3.63, 3.8) is 0 Å². The molecule has 1 aromatic carbocycles. The van der Waals surface area contributed by atoms with E-state index >= 15 is 0 Å². The van der Waals surface area contributed by atoms with E-state index in [1.807, 2.05) is 32.0 Å². The summed E-state index contributed by atoms with van der Waals surface area (Å²) in [6.45, 7) is 8.75. The summed E-state index contributed by atoms with van der Waals surface area (Å²) in [6, 6.07) is 7.41. The molecule has 2 amide bonds. The van der Waals surface area contributed by atoms with Crippen LogP contribution in [-0.2, 0) is 11.2 Å². The number of carbonyl (C=O) groups excluding carboxylic acids is 2. The van der Waals surface area contributed by atoms with Crippen LogP contribution in [0.2, 0.25) is 0 Å². The van der Waals surface area contributed by atoms with Crippen LogP contribution in [0.1, 0.15) is 62.6 Å². The molecule has 1 fully saturated rings. The summed E-state index contributed by atoms with van der Waals surface area (Å²) in [4.78, 5) is 27.7. The fraction of sp³-hybridized carbons (Fsp3) is 0.480. The molecule has 2 heterocycles. The zero-order chi connectivity index (χ0) is 23.2. The molecule has 0 unspecified atom stereocenters. The fourth-order valence-corrected chi connectivity index (χ4v) is 4.41. The first-order valence-electron chi connectivity index (χ1n) is 11.7. The molecule has 0 atom stereocenters. The van der Waals surface area contributed by atoms with E-state index < -0.39 is 0 Å². The van der Waals surface area contributed by atoms with Crippen molar-refractivity contribution in [1.29, 1.82) is 0 Å². The second-order valence-corrected chi connectivity index (χ2v) is 8.59. The van der Waals surface area contributed by atoms with Crippen LogP contribution in [0, 0.1) is 13.8 Å². The van der Waals surface area contributed by atoms with E-state index in [-0.39, 0.29) is 11.8 Å². The Balaban J connectivity index is 1.39. The first-order chi connectivity index (χ1) is 16.0. The number of amides is 2. The minimum atomic E-state index is -0.243. The molecule has 0 bridgehead atoms. The number of hydrazone groups is 1. The number of hydrogen-bond acceptors (Lipinski definition) is 6. The Bertz CT molecular complexity index is 1040. The standard InChI is InChI=1S/C25H32N4O4/c1-17-7-3-4-8-19(17)24(30)28-27-20-9-5-10-21-22(20)18(2)23(33-21)25(31)26-11-6-12-29-13-15-32-16-14-29/h3-4,7-8H,5-6,9-16H2,1-2H3,(H,26,31)(H,28,30)/b27-20+. The number of aryl methyl sites for hydroxylation is 2. The number of benzene rings is 1. The van der Waals surface area contributed by atoms with Crippen molar-refractivity contribution in [2.75, 3.05) is 39.4 Å². The Kier molecular flexibility index (Phi) is 7.57. The van der Waals surface area contributed by atoms with E-state index in [1.54, 1.807) is 6.07 Å². The summed E-state index contributed by atoms with van der Waals surface area (Å²) in [6.07, 6.45) is 3.22. The van der Waals surface area contributed by atoms with Crippen LogP contribution in [0.15, 0.2) is 33.8 Å². The van der Waals surface area contributed by atoms with Crippen molar-refractivity contribution in [3.8, 4) is 0 Å². The van der Waals surface area contributed by atoms with E-state index in [2.05, 4.69) is 20.7 Å². The molecule has 4 rings (SSSR count). The van der Waals surface area contributed by atoms with E-state index in [4.69, 9.17) is 9.15 Å². The molecule has 33 heavy (non-hydrogen) atoms. The maximum Gasteiger partial charge on any atom is 0.287 e. The van der Waals surface area contributed by atoms with Crippen LogP contribution in [-0.4, -0.2) is 61.8 Å². The molecule has 0 saturated carbocycles. The number of rotatable bonds is 7. The van der Waals surface area contributed by atoms with Crippen LogP contribution in [0.4, 0.5) is 0 Å². The predicted molar refractivity (Wildman–Crippen MR) is 126 cm³/mol. The van der Waals surface area contributed by atoms with E-state index in [0.29, 0.717) is 17.9 Å². The number of morpholine rings is 1. The van der Waals surface area contributed by atoms with Crippen LogP contribution < -0.4 is 10.7 Å². The van der Waals surface area contributed by atoms with Crippen molar-refractivity contribution in [2.45, 2.75) is 39.5 Å². The van der Waals surface area contributed by atoms with Gasteiger partial charge in [0.05, 0.1) is 18.9 Å². The number of nitrogens with one attached hydrogen (secondary N) is 2. The van der Waals surface area contributed by atoms with Crippen LogP contribution in [0.25, 0.3) is 0 Å². The van der Waals surface area contributed by atoms with Gasteiger partial charge in [0.25, 0.3) is 11.8 Å². The number of carbonyl (C=O) groups is 2. The first kappa shape index (κ1) is 23.2. The number of fused-ring (bicyclic) bond motifs is 1. The Morgan fingerprint density at radius 1 is 1.09 bits per heavy atom. The third kappa shape index (κ3) is 5.51. The van der Waals surface area contributed by atoms with Gasteiger partial charge >= 0.3 is 0 Å². The topological polar surface area (TPSA) is 96.2 Å². The molecular formula is C25H32N4O4. The summed E-state index contributed by atoms with van der Waals surface area (Å²) in [7, 11) is 0. The predicted octanol–water partition coefficient (Wildman–Crippen LogP) is 2.82. The summed E-state index contributed by atoms with van der Waals surface area (Å²) in [5.74, 6) is 0.659. The van der Waals surface area contributed by atoms with Gasteiger partial charge in [0.1, 0.15) is 5.76 Å². The molecule has 1 aliphatic heterocycles. The molecule has 0 spiro atoms. The molecule has 8 nitrogen and oxygen atoms in total. The monoisotopic (exact) mass is 452 g/mol. The lowest BCUT2D eigenvalue weighted by atomic mass is 9.93. The Labute approximate surface area is 194 Å². The lowest BCUT2D eigenvalue weighted by molar-refractivity contribution is 0.0374. The molecule has 2 aliphatic rings. The van der Waals surface area contributed by atoms with E-state index in [1.165, 1.54) is 0 Å². The average Bonchev–Trinajstić information content (AvgIpc) is 3.18. The summed E-state index contributed by atoms with van der Waals surface area (Å²) < 4.78 is 11.3. The van der Waals surface area contributed by atoms with Gasteiger partial charge < -0.3 is 14.5 Å². The highest BCUT2D eigenvalue weighted by Gasteiger charge is 2.28. The van der Waals surface area contributed by atoms with E-state index in [9.17, 15) is 9.59 Å². The third-order valence-corrected chi connectivity index (χ3v) is 6.25. The first-order valence-corrected chi connectivity index (χ1v) is 11.7. The lowest BCUT2D eigenvalue weighted by Crippen LogP contribution is -2.38. The van der Waals surface area contributed by atoms with Crippen molar-refractivity contribution < 1.29 is 18.7 Å². The Morgan fingerprint density at radius 3 is 2.67 bits per heavy atom. The molecular weight excluding hydrogens is 420 g/mol. The molecule has 0 radical (unpaired) electrons. The molecule has 1 aromatic heterocycles. The molecule has 8 heteroatoms. The maximum absolute atomic E-state index is 12.8. The van der Waals surface area contributed by atoms with Gasteiger partial charge in [-0.2, -0.15) is 5.10 Å². The van der Waals surface area contributed by atoms with Gasteiger partial charge in [-0.15, -0.1) is 0 Å². The fourth-order valence-electron chi connectivity index (χ4n) is 4.41. The second-order valence-electron chi connectivity index (χ2n) is 8.59.